The van der Waals surface area contributed by atoms with Crippen LogP contribution in [0.4, 0.5) is 0 Å². The number of hydrogen-bond donors (Lipinski definition) is 1. The van der Waals surface area contributed by atoms with Crippen molar-refractivity contribution in [2.24, 2.45) is 5.73 Å². The molecule has 1 aromatic heterocycles. The van der Waals surface area contributed by atoms with Crippen LogP contribution >= 0.6 is 11.8 Å². The molecule has 0 aromatic carbocycles. The molecule has 0 spiro atoms. The Hall–Kier alpha value is -0.810. The molecule has 0 aliphatic carbocycles. The van der Waals surface area contributed by atoms with Crippen molar-refractivity contribution in [3.8, 4) is 0 Å². The topological polar surface area (TPSA) is 56.7 Å². The lowest BCUT2D eigenvalue weighted by molar-refractivity contribution is 0.627. The summed E-state index contributed by atoms with van der Waals surface area (Å²) in [4.78, 5) is 0. The molecule has 2 N–H and O–H groups in total. The fourth-order valence-electron chi connectivity index (χ4n) is 1.17. The molecule has 15 heavy (non-hydrogen) atoms. The summed E-state index contributed by atoms with van der Waals surface area (Å²) in [6.45, 7) is 9.27. The van der Waals surface area contributed by atoms with Gasteiger partial charge in [0.2, 0.25) is 0 Å². The average Bonchev–Trinajstić information content (AvgIpc) is 2.50. The summed E-state index contributed by atoms with van der Waals surface area (Å²) >= 11 is 1.71. The first kappa shape index (κ1) is 12.3. The summed E-state index contributed by atoms with van der Waals surface area (Å²) in [7, 11) is 0. The number of hydrogen-bond acceptors (Lipinski definition) is 4. The Bertz CT molecular complexity index is 332. The fourth-order valence-corrected chi connectivity index (χ4v) is 2.28. The summed E-state index contributed by atoms with van der Waals surface area (Å²) in [5.41, 5.74) is 6.73. The van der Waals surface area contributed by atoms with Gasteiger partial charge in [0, 0.05) is 18.8 Å². The minimum absolute atomic E-state index is 0.618. The summed E-state index contributed by atoms with van der Waals surface area (Å²) in [6, 6.07) is 0. The van der Waals surface area contributed by atoms with Crippen LogP contribution in [0.1, 0.15) is 19.2 Å². The molecular formula is C10H18N4S. The van der Waals surface area contributed by atoms with E-state index in [1.165, 1.54) is 5.57 Å². The van der Waals surface area contributed by atoms with Crippen molar-refractivity contribution in [1.29, 1.82) is 0 Å². The SMILES string of the molecule is C=C(C)CCSc1nnc(C)n1CCN. The van der Waals surface area contributed by atoms with E-state index in [4.69, 9.17) is 5.73 Å². The second-order valence-corrected chi connectivity index (χ2v) is 4.59. The lowest BCUT2D eigenvalue weighted by Gasteiger charge is -2.05. The van der Waals surface area contributed by atoms with Crippen molar-refractivity contribution in [2.45, 2.75) is 32.0 Å². The lowest BCUT2D eigenvalue weighted by Crippen LogP contribution is -2.12. The number of nitrogens with zero attached hydrogens (tertiary/aromatic N) is 3. The van der Waals surface area contributed by atoms with Crippen LogP contribution in [0.2, 0.25) is 0 Å². The van der Waals surface area contributed by atoms with Gasteiger partial charge in [-0.25, -0.2) is 0 Å². The van der Waals surface area contributed by atoms with Crippen LogP contribution in [0.15, 0.2) is 17.3 Å². The number of rotatable bonds is 6. The van der Waals surface area contributed by atoms with Gasteiger partial charge < -0.3 is 10.3 Å². The third-order valence-corrected chi connectivity index (χ3v) is 2.98. The standard InChI is InChI=1S/C10H18N4S/c1-8(2)4-7-15-10-13-12-9(3)14(10)6-5-11/h1,4-7,11H2,2-3H3. The summed E-state index contributed by atoms with van der Waals surface area (Å²) in [5.74, 6) is 1.93. The monoisotopic (exact) mass is 226 g/mol. The van der Waals surface area contributed by atoms with Gasteiger partial charge in [-0.3, -0.25) is 0 Å². The number of aryl methyl sites for hydroxylation is 1. The maximum atomic E-state index is 5.53. The molecule has 0 bridgehead atoms. The maximum Gasteiger partial charge on any atom is 0.191 e. The van der Waals surface area contributed by atoms with Gasteiger partial charge in [-0.1, -0.05) is 17.3 Å². The Morgan fingerprint density at radius 2 is 2.27 bits per heavy atom. The molecule has 0 radical (unpaired) electrons. The Kier molecular flexibility index (Phi) is 4.84. The van der Waals surface area contributed by atoms with Crippen molar-refractivity contribution in [2.75, 3.05) is 12.3 Å². The second kappa shape index (κ2) is 5.92. The van der Waals surface area contributed by atoms with E-state index in [-0.39, 0.29) is 0 Å². The summed E-state index contributed by atoms with van der Waals surface area (Å²) in [5, 5.41) is 9.13. The largest absolute Gasteiger partial charge is 0.329 e. The predicted molar refractivity (Wildman–Crippen MR) is 64.0 cm³/mol. The first-order valence-electron chi connectivity index (χ1n) is 5.02. The van der Waals surface area contributed by atoms with Gasteiger partial charge in [0.1, 0.15) is 5.82 Å². The van der Waals surface area contributed by atoms with Gasteiger partial charge in [0.25, 0.3) is 0 Å². The average molecular weight is 226 g/mol. The Labute approximate surface area is 95.0 Å². The van der Waals surface area contributed by atoms with E-state index in [2.05, 4.69) is 21.3 Å². The Balaban J connectivity index is 2.56. The number of nitrogens with two attached hydrogens (primary N) is 1. The van der Waals surface area contributed by atoms with Gasteiger partial charge in [-0.2, -0.15) is 0 Å². The van der Waals surface area contributed by atoms with Crippen molar-refractivity contribution >= 4 is 11.8 Å². The minimum atomic E-state index is 0.618. The Morgan fingerprint density at radius 3 is 2.87 bits per heavy atom. The van der Waals surface area contributed by atoms with E-state index in [1.54, 1.807) is 11.8 Å². The van der Waals surface area contributed by atoms with Crippen molar-refractivity contribution in [3.63, 3.8) is 0 Å². The zero-order valence-electron chi connectivity index (χ0n) is 9.36. The smallest absolute Gasteiger partial charge is 0.191 e. The van der Waals surface area contributed by atoms with E-state index in [0.29, 0.717) is 6.54 Å². The van der Waals surface area contributed by atoms with Crippen LogP contribution in [0.25, 0.3) is 0 Å². The highest BCUT2D eigenvalue weighted by atomic mass is 32.2. The molecule has 84 valence electrons. The highest BCUT2D eigenvalue weighted by molar-refractivity contribution is 7.99. The molecule has 0 saturated carbocycles. The quantitative estimate of drug-likeness (QED) is 0.591. The van der Waals surface area contributed by atoms with Crippen LogP contribution in [0, 0.1) is 6.92 Å². The maximum absolute atomic E-state index is 5.53. The molecule has 1 aromatic rings. The summed E-state index contributed by atoms with van der Waals surface area (Å²) < 4.78 is 2.06. The zero-order valence-corrected chi connectivity index (χ0v) is 10.2. The van der Waals surface area contributed by atoms with Crippen molar-refractivity contribution < 1.29 is 0 Å². The van der Waals surface area contributed by atoms with E-state index in [9.17, 15) is 0 Å². The molecule has 0 aliphatic rings. The van der Waals surface area contributed by atoms with Gasteiger partial charge in [-0.05, 0) is 20.3 Å². The minimum Gasteiger partial charge on any atom is -0.329 e. The molecule has 0 atom stereocenters. The molecule has 1 heterocycles. The number of aromatic nitrogens is 3. The van der Waals surface area contributed by atoms with Crippen molar-refractivity contribution in [3.05, 3.63) is 18.0 Å². The van der Waals surface area contributed by atoms with Crippen LogP contribution in [0.3, 0.4) is 0 Å². The predicted octanol–water partition coefficient (Wildman–Crippen LogP) is 1.60. The molecule has 0 unspecified atom stereocenters. The van der Waals surface area contributed by atoms with Gasteiger partial charge in [-0.15, -0.1) is 16.8 Å². The van der Waals surface area contributed by atoms with E-state index >= 15 is 0 Å². The fraction of sp³-hybridized carbons (Fsp3) is 0.600. The molecule has 0 amide bonds. The first-order valence-corrected chi connectivity index (χ1v) is 6.00. The highest BCUT2D eigenvalue weighted by Gasteiger charge is 2.07. The molecule has 0 saturated heterocycles. The summed E-state index contributed by atoms with van der Waals surface area (Å²) in [6.07, 6.45) is 1.01. The van der Waals surface area contributed by atoms with Crippen LogP contribution in [0.5, 0.6) is 0 Å². The molecule has 4 nitrogen and oxygen atoms in total. The van der Waals surface area contributed by atoms with Crippen LogP contribution in [-0.4, -0.2) is 27.1 Å². The molecular weight excluding hydrogens is 208 g/mol. The van der Waals surface area contributed by atoms with E-state index in [0.717, 1.165) is 29.7 Å². The van der Waals surface area contributed by atoms with Gasteiger partial charge >= 0.3 is 0 Å². The van der Waals surface area contributed by atoms with E-state index < -0.39 is 0 Å². The third kappa shape index (κ3) is 3.68. The first-order chi connectivity index (χ1) is 7.15. The van der Waals surface area contributed by atoms with E-state index in [1.807, 2.05) is 13.8 Å². The van der Waals surface area contributed by atoms with Gasteiger partial charge in [0.05, 0.1) is 0 Å². The lowest BCUT2D eigenvalue weighted by atomic mass is 10.3. The van der Waals surface area contributed by atoms with Crippen LogP contribution in [-0.2, 0) is 6.54 Å². The molecule has 1 rings (SSSR count). The second-order valence-electron chi connectivity index (χ2n) is 3.53. The Morgan fingerprint density at radius 1 is 1.53 bits per heavy atom. The normalized spacial score (nSPS) is 10.6. The number of allylic oxidation sites excluding steroid dienone is 1. The molecule has 5 heteroatoms. The molecule has 0 aliphatic heterocycles. The van der Waals surface area contributed by atoms with Crippen LogP contribution < -0.4 is 5.73 Å². The van der Waals surface area contributed by atoms with Gasteiger partial charge in [0.15, 0.2) is 5.16 Å². The van der Waals surface area contributed by atoms with Crippen molar-refractivity contribution in [1.82, 2.24) is 14.8 Å². The zero-order chi connectivity index (χ0) is 11.3. The number of thioether (sulfide) groups is 1. The molecule has 0 fully saturated rings. The third-order valence-electron chi connectivity index (χ3n) is 2.01. The highest BCUT2D eigenvalue weighted by Crippen LogP contribution is 2.18.